The summed E-state index contributed by atoms with van der Waals surface area (Å²) < 4.78 is 4.99. The lowest BCUT2D eigenvalue weighted by molar-refractivity contribution is -0.117. The molecule has 1 N–H and O–H groups in total. The van der Waals surface area contributed by atoms with Crippen LogP contribution in [0.4, 0.5) is 5.00 Å². The lowest BCUT2D eigenvalue weighted by Gasteiger charge is -2.24. The first-order valence-electron chi connectivity index (χ1n) is 6.67. The molecule has 0 spiro atoms. The predicted molar refractivity (Wildman–Crippen MR) is 75.6 cm³/mol. The van der Waals surface area contributed by atoms with Crippen LogP contribution in [-0.4, -0.2) is 18.5 Å². The molecule has 0 aromatic carbocycles. The summed E-state index contributed by atoms with van der Waals surface area (Å²) >= 11 is 1.42. The van der Waals surface area contributed by atoms with Crippen LogP contribution >= 0.6 is 11.3 Å². The van der Waals surface area contributed by atoms with E-state index in [1.165, 1.54) is 17.8 Å². The van der Waals surface area contributed by atoms with Crippen LogP contribution in [0.3, 0.4) is 0 Å². The number of aryl methyl sites for hydroxylation is 1. The Bertz CT molecular complexity index is 477. The van der Waals surface area contributed by atoms with Crippen LogP contribution in [0.2, 0.25) is 0 Å². The number of anilines is 1. The maximum atomic E-state index is 11.9. The molecule has 104 valence electrons. The molecule has 0 unspecified atom stereocenters. The van der Waals surface area contributed by atoms with E-state index in [1.54, 1.807) is 13.0 Å². The second-order valence-corrected chi connectivity index (χ2v) is 6.13. The molecule has 1 saturated carbocycles. The molecule has 0 aliphatic heterocycles. The highest BCUT2D eigenvalue weighted by atomic mass is 32.1. The molecule has 0 bridgehead atoms. The molecule has 0 saturated heterocycles. The van der Waals surface area contributed by atoms with Crippen molar-refractivity contribution in [1.29, 1.82) is 0 Å². The highest BCUT2D eigenvalue weighted by Crippen LogP contribution is 2.32. The Morgan fingerprint density at radius 2 is 2.21 bits per heavy atom. The zero-order chi connectivity index (χ0) is 13.8. The number of esters is 1. The molecule has 1 amide bonds. The van der Waals surface area contributed by atoms with Gasteiger partial charge in [0.05, 0.1) is 12.2 Å². The van der Waals surface area contributed by atoms with Crippen molar-refractivity contribution < 1.29 is 14.3 Å². The number of carbonyl (C=O) groups is 2. The fourth-order valence-electron chi connectivity index (χ4n) is 2.10. The summed E-state index contributed by atoms with van der Waals surface area (Å²) in [6, 6.07) is 1.77. The number of rotatable bonds is 5. The highest BCUT2D eigenvalue weighted by Gasteiger charge is 2.23. The van der Waals surface area contributed by atoms with Crippen LogP contribution in [0.15, 0.2) is 6.07 Å². The van der Waals surface area contributed by atoms with Gasteiger partial charge < -0.3 is 10.1 Å². The third-order valence-corrected chi connectivity index (χ3v) is 4.27. The van der Waals surface area contributed by atoms with Crippen LogP contribution in [-0.2, 0) is 9.53 Å². The van der Waals surface area contributed by atoms with E-state index >= 15 is 0 Å². The number of thiophene rings is 1. The van der Waals surface area contributed by atoms with E-state index in [-0.39, 0.29) is 11.9 Å². The summed E-state index contributed by atoms with van der Waals surface area (Å²) in [5.41, 5.74) is 0.464. The van der Waals surface area contributed by atoms with Crippen LogP contribution < -0.4 is 5.32 Å². The lowest BCUT2D eigenvalue weighted by Crippen LogP contribution is -2.21. The van der Waals surface area contributed by atoms with E-state index in [4.69, 9.17) is 4.74 Å². The molecule has 1 aromatic heterocycles. The third kappa shape index (κ3) is 3.56. The zero-order valence-electron chi connectivity index (χ0n) is 11.3. The van der Waals surface area contributed by atoms with Gasteiger partial charge in [-0.25, -0.2) is 4.79 Å². The molecule has 0 atom stereocenters. The number of ether oxygens (including phenoxy) is 1. The average Bonchev–Trinajstić information content (AvgIpc) is 2.65. The van der Waals surface area contributed by atoms with Crippen molar-refractivity contribution >= 4 is 28.2 Å². The summed E-state index contributed by atoms with van der Waals surface area (Å²) in [5, 5.41) is 3.46. The van der Waals surface area contributed by atoms with Gasteiger partial charge in [0.25, 0.3) is 0 Å². The van der Waals surface area contributed by atoms with Crippen molar-refractivity contribution in [3.8, 4) is 0 Å². The Morgan fingerprint density at radius 1 is 1.47 bits per heavy atom. The van der Waals surface area contributed by atoms with Gasteiger partial charge in [-0.2, -0.15) is 0 Å². The van der Waals surface area contributed by atoms with Crippen LogP contribution in [0.1, 0.15) is 47.8 Å². The Kier molecular flexibility index (Phi) is 4.58. The molecule has 0 radical (unpaired) electrons. The molecule has 5 heteroatoms. The smallest absolute Gasteiger partial charge is 0.341 e. The minimum Gasteiger partial charge on any atom is -0.462 e. The van der Waals surface area contributed by atoms with Crippen LogP contribution in [0.25, 0.3) is 0 Å². The van der Waals surface area contributed by atoms with Crippen molar-refractivity contribution in [1.82, 2.24) is 0 Å². The monoisotopic (exact) mass is 281 g/mol. The van der Waals surface area contributed by atoms with E-state index in [0.717, 1.165) is 17.7 Å². The van der Waals surface area contributed by atoms with Gasteiger partial charge >= 0.3 is 5.97 Å². The molecule has 19 heavy (non-hydrogen) atoms. The highest BCUT2D eigenvalue weighted by molar-refractivity contribution is 7.16. The minimum absolute atomic E-state index is 0.00269. The fourth-order valence-corrected chi connectivity index (χ4v) is 3.02. The van der Waals surface area contributed by atoms with E-state index < -0.39 is 0 Å². The molecule has 1 heterocycles. The van der Waals surface area contributed by atoms with E-state index in [2.05, 4.69) is 5.32 Å². The molecular weight excluding hydrogens is 262 g/mol. The SMILES string of the molecule is CCOC(=O)c1cc(C)sc1NC(=O)CC1CCC1. The van der Waals surface area contributed by atoms with Crippen LogP contribution in [0, 0.1) is 12.8 Å². The molecule has 1 fully saturated rings. The first-order chi connectivity index (χ1) is 9.10. The second kappa shape index (κ2) is 6.19. The van der Waals surface area contributed by atoms with E-state index in [9.17, 15) is 9.59 Å². The van der Waals surface area contributed by atoms with Crippen molar-refractivity contribution in [3.63, 3.8) is 0 Å². The van der Waals surface area contributed by atoms with Gasteiger partial charge in [0.15, 0.2) is 0 Å². The van der Waals surface area contributed by atoms with Gasteiger partial charge in [-0.1, -0.05) is 6.42 Å². The Labute approximate surface area is 117 Å². The molecule has 4 nitrogen and oxygen atoms in total. The number of nitrogens with one attached hydrogen (secondary N) is 1. The number of amides is 1. The van der Waals surface area contributed by atoms with Crippen molar-refractivity contribution in [2.24, 2.45) is 5.92 Å². The van der Waals surface area contributed by atoms with Gasteiger partial charge in [0.2, 0.25) is 5.91 Å². The third-order valence-electron chi connectivity index (χ3n) is 3.30. The lowest BCUT2D eigenvalue weighted by atomic mass is 9.83. The van der Waals surface area contributed by atoms with Crippen molar-refractivity contribution in [2.45, 2.75) is 39.5 Å². The molecular formula is C14H19NO3S. The number of carbonyl (C=O) groups excluding carboxylic acids is 2. The summed E-state index contributed by atoms with van der Waals surface area (Å²) in [7, 11) is 0. The van der Waals surface area contributed by atoms with E-state index in [1.807, 2.05) is 6.92 Å². The van der Waals surface area contributed by atoms with Gasteiger partial charge in [-0.05, 0) is 38.7 Å². The fraction of sp³-hybridized carbons (Fsp3) is 0.571. The quantitative estimate of drug-likeness (QED) is 0.842. The molecule has 1 aliphatic carbocycles. The Hall–Kier alpha value is -1.36. The largest absolute Gasteiger partial charge is 0.462 e. The normalized spacial score (nSPS) is 14.8. The maximum absolute atomic E-state index is 11.9. The summed E-state index contributed by atoms with van der Waals surface area (Å²) in [6.07, 6.45) is 4.06. The Morgan fingerprint density at radius 3 is 2.79 bits per heavy atom. The van der Waals surface area contributed by atoms with Crippen molar-refractivity contribution in [2.75, 3.05) is 11.9 Å². The first kappa shape index (κ1) is 14.1. The van der Waals surface area contributed by atoms with Gasteiger partial charge in [-0.3, -0.25) is 4.79 Å². The standard InChI is InChI=1S/C14H19NO3S/c1-3-18-14(17)11-7-9(2)19-13(11)15-12(16)8-10-5-4-6-10/h7,10H,3-6,8H2,1-2H3,(H,15,16). The van der Waals surface area contributed by atoms with Gasteiger partial charge in [-0.15, -0.1) is 11.3 Å². The molecule has 2 rings (SSSR count). The van der Waals surface area contributed by atoms with Crippen molar-refractivity contribution in [3.05, 3.63) is 16.5 Å². The predicted octanol–water partition coefficient (Wildman–Crippen LogP) is 3.36. The van der Waals surface area contributed by atoms with E-state index in [0.29, 0.717) is 29.5 Å². The second-order valence-electron chi connectivity index (χ2n) is 4.87. The van der Waals surface area contributed by atoms with Gasteiger partial charge in [0, 0.05) is 11.3 Å². The number of hydrogen-bond acceptors (Lipinski definition) is 4. The number of hydrogen-bond donors (Lipinski definition) is 1. The Balaban J connectivity index is 2.01. The molecule has 1 aliphatic rings. The first-order valence-corrected chi connectivity index (χ1v) is 7.49. The van der Waals surface area contributed by atoms with Gasteiger partial charge in [0.1, 0.15) is 5.00 Å². The summed E-state index contributed by atoms with van der Waals surface area (Å²) in [6.45, 7) is 4.02. The zero-order valence-corrected chi connectivity index (χ0v) is 12.1. The summed E-state index contributed by atoms with van der Waals surface area (Å²) in [5.74, 6) is 0.148. The molecule has 1 aromatic rings. The average molecular weight is 281 g/mol. The topological polar surface area (TPSA) is 55.4 Å². The maximum Gasteiger partial charge on any atom is 0.341 e. The minimum atomic E-state index is -0.370. The van der Waals surface area contributed by atoms with Crippen LogP contribution in [0.5, 0.6) is 0 Å². The summed E-state index contributed by atoms with van der Waals surface area (Å²) in [4.78, 5) is 24.7.